The Morgan fingerprint density at radius 1 is 1.14 bits per heavy atom. The number of rotatable bonds is 10. The molecule has 36 heavy (non-hydrogen) atoms. The summed E-state index contributed by atoms with van der Waals surface area (Å²) in [5.41, 5.74) is 2.97. The number of benzene rings is 2. The molecule has 188 valence electrons. The Balaban J connectivity index is 1.66. The maximum atomic E-state index is 15.6. The van der Waals surface area contributed by atoms with E-state index in [1.807, 2.05) is 36.4 Å². The van der Waals surface area contributed by atoms with E-state index in [4.69, 9.17) is 26.5 Å². The standard InChI is InChI=1S/C28H29ClFN3O3/c29-24-9-4-10-26(28(24)30)33(17-20-11-13-21(14-12-20)18-36-19-27(34)35)23(8-5-15-31)16-25(32-33)22-6-2-1-3-7-22/h1-4,6-7,9-10,16,20-21H,5,8,11-14,17-19H2/p+1/t20-,21-,33?. The van der Waals surface area contributed by atoms with E-state index in [-0.39, 0.29) is 22.1 Å². The van der Waals surface area contributed by atoms with Crippen molar-refractivity contribution in [1.29, 1.82) is 5.26 Å². The number of aliphatic carboxylic acids is 1. The van der Waals surface area contributed by atoms with Crippen molar-refractivity contribution in [3.63, 3.8) is 0 Å². The first-order valence-corrected chi connectivity index (χ1v) is 12.7. The van der Waals surface area contributed by atoms with Crippen LogP contribution in [0.25, 0.3) is 0 Å². The number of carboxylic acids is 1. The van der Waals surface area contributed by atoms with Crippen LogP contribution in [0, 0.1) is 29.0 Å². The average molecular weight is 511 g/mol. The summed E-state index contributed by atoms with van der Waals surface area (Å²) in [4.78, 5) is 10.7. The zero-order chi connectivity index (χ0) is 25.5. The summed E-state index contributed by atoms with van der Waals surface area (Å²) in [6.45, 7) is 0.719. The van der Waals surface area contributed by atoms with E-state index in [9.17, 15) is 10.1 Å². The Labute approximate surface area is 215 Å². The molecule has 1 saturated carbocycles. The number of carboxylic acid groups (broad SMARTS) is 1. The van der Waals surface area contributed by atoms with Crippen LogP contribution in [0.4, 0.5) is 10.1 Å². The van der Waals surface area contributed by atoms with Crippen LogP contribution in [0.3, 0.4) is 0 Å². The molecule has 2 aromatic carbocycles. The van der Waals surface area contributed by atoms with E-state index in [1.165, 1.54) is 6.07 Å². The van der Waals surface area contributed by atoms with Gasteiger partial charge in [0.2, 0.25) is 11.5 Å². The maximum Gasteiger partial charge on any atom is 0.329 e. The van der Waals surface area contributed by atoms with E-state index in [2.05, 4.69) is 6.07 Å². The minimum absolute atomic E-state index is 0.0247. The molecule has 1 unspecified atom stereocenters. The second-order valence-corrected chi connectivity index (χ2v) is 9.87. The minimum atomic E-state index is -0.962. The molecule has 0 spiro atoms. The van der Waals surface area contributed by atoms with Gasteiger partial charge < -0.3 is 9.84 Å². The Hall–Kier alpha value is -3.05. The van der Waals surface area contributed by atoms with E-state index in [1.54, 1.807) is 12.1 Å². The molecule has 0 bridgehead atoms. The predicted octanol–water partition coefficient (Wildman–Crippen LogP) is 6.30. The van der Waals surface area contributed by atoms with Crippen LogP contribution in [-0.4, -0.2) is 36.5 Å². The van der Waals surface area contributed by atoms with Crippen LogP contribution >= 0.6 is 11.6 Å². The van der Waals surface area contributed by atoms with Gasteiger partial charge in [0, 0.05) is 36.5 Å². The SMILES string of the molecule is N#CCCC1=CC(c2ccccc2)=N[N+]1(C[C@H]1CC[C@H](COCC(=O)O)CC1)c1cccc(Cl)c1F. The Bertz CT molecular complexity index is 1190. The molecule has 1 atom stereocenters. The van der Waals surface area contributed by atoms with Crippen LogP contribution in [-0.2, 0) is 9.53 Å². The van der Waals surface area contributed by atoms with Crippen molar-refractivity contribution < 1.29 is 19.0 Å². The third-order valence-corrected chi connectivity index (χ3v) is 7.31. The van der Waals surface area contributed by atoms with Crippen LogP contribution in [0.5, 0.6) is 0 Å². The Morgan fingerprint density at radius 2 is 1.86 bits per heavy atom. The molecule has 0 aromatic heterocycles. The smallest absolute Gasteiger partial charge is 0.329 e. The van der Waals surface area contributed by atoms with Crippen molar-refractivity contribution in [2.45, 2.75) is 38.5 Å². The van der Waals surface area contributed by atoms with Crippen LogP contribution < -0.4 is 4.59 Å². The fourth-order valence-electron chi connectivity index (χ4n) is 5.24. The lowest BCUT2D eigenvalue weighted by atomic mass is 9.82. The van der Waals surface area contributed by atoms with Gasteiger partial charge >= 0.3 is 5.97 Å². The lowest BCUT2D eigenvalue weighted by molar-refractivity contribution is -0.142. The van der Waals surface area contributed by atoms with Crippen molar-refractivity contribution in [2.75, 3.05) is 19.8 Å². The first kappa shape index (κ1) is 26.0. The number of nitriles is 1. The summed E-state index contributed by atoms with van der Waals surface area (Å²) in [6.07, 6.45) is 6.41. The lowest BCUT2D eigenvalue weighted by Crippen LogP contribution is -2.46. The molecular weight excluding hydrogens is 481 g/mol. The van der Waals surface area contributed by atoms with E-state index in [0.29, 0.717) is 37.6 Å². The molecule has 6 nitrogen and oxygen atoms in total. The molecule has 1 fully saturated rings. The molecule has 8 heteroatoms. The molecule has 1 N–H and O–H groups in total. The normalized spacial score (nSPS) is 23.6. The number of halogens is 2. The van der Waals surface area contributed by atoms with E-state index >= 15 is 4.39 Å². The number of nitrogens with zero attached hydrogens (tertiary/aromatic N) is 3. The number of ether oxygens (including phenoxy) is 1. The van der Waals surface area contributed by atoms with E-state index in [0.717, 1.165) is 42.7 Å². The van der Waals surface area contributed by atoms with Gasteiger partial charge in [-0.15, -0.1) is 4.59 Å². The Morgan fingerprint density at radius 3 is 2.56 bits per heavy atom. The van der Waals surface area contributed by atoms with Crippen LogP contribution in [0.2, 0.25) is 5.02 Å². The fraction of sp³-hybridized carbons (Fsp3) is 0.393. The van der Waals surface area contributed by atoms with Gasteiger partial charge in [-0.2, -0.15) is 9.65 Å². The van der Waals surface area contributed by atoms with Gasteiger partial charge in [0.15, 0.2) is 0 Å². The van der Waals surface area contributed by atoms with Gasteiger partial charge in [-0.1, -0.05) is 53.1 Å². The van der Waals surface area contributed by atoms with Crippen molar-refractivity contribution in [2.24, 2.45) is 16.9 Å². The topological polar surface area (TPSA) is 82.7 Å². The molecule has 0 radical (unpaired) electrons. The Kier molecular flexibility index (Phi) is 8.52. The van der Waals surface area contributed by atoms with Crippen molar-refractivity contribution in [3.8, 4) is 6.07 Å². The fourth-order valence-corrected chi connectivity index (χ4v) is 5.41. The quantitative estimate of drug-likeness (QED) is 0.380. The zero-order valence-electron chi connectivity index (χ0n) is 20.1. The summed E-state index contributed by atoms with van der Waals surface area (Å²) >= 11 is 6.23. The first-order valence-electron chi connectivity index (χ1n) is 12.3. The highest BCUT2D eigenvalue weighted by atomic mass is 35.5. The highest BCUT2D eigenvalue weighted by molar-refractivity contribution is 6.31. The van der Waals surface area contributed by atoms with Gasteiger partial charge in [-0.3, -0.25) is 0 Å². The molecule has 4 rings (SSSR count). The number of allylic oxidation sites excluding steroid dienone is 2. The van der Waals surface area contributed by atoms with Crippen LogP contribution in [0.1, 0.15) is 44.1 Å². The van der Waals surface area contributed by atoms with Crippen molar-refractivity contribution >= 4 is 29.0 Å². The zero-order valence-corrected chi connectivity index (χ0v) is 20.8. The predicted molar refractivity (Wildman–Crippen MR) is 138 cm³/mol. The number of hydrogen-bond acceptors (Lipinski definition) is 4. The summed E-state index contributed by atoms with van der Waals surface area (Å²) < 4.78 is 20.9. The van der Waals surface area contributed by atoms with Gasteiger partial charge in [-0.25, -0.2) is 4.79 Å². The molecule has 0 saturated heterocycles. The molecule has 0 amide bonds. The number of carbonyl (C=O) groups is 1. The maximum absolute atomic E-state index is 15.6. The lowest BCUT2D eigenvalue weighted by Gasteiger charge is -2.36. The summed E-state index contributed by atoms with van der Waals surface area (Å²) in [7, 11) is 0. The van der Waals surface area contributed by atoms with Crippen molar-refractivity contribution in [1.82, 2.24) is 4.59 Å². The van der Waals surface area contributed by atoms with Crippen LogP contribution in [0.15, 0.2) is 65.4 Å². The van der Waals surface area contributed by atoms with E-state index < -0.39 is 11.8 Å². The minimum Gasteiger partial charge on any atom is -0.480 e. The molecule has 1 heterocycles. The molecular formula is C28H30ClFN3O3+. The highest BCUT2D eigenvalue weighted by Gasteiger charge is 2.46. The average Bonchev–Trinajstić information content (AvgIpc) is 3.24. The summed E-state index contributed by atoms with van der Waals surface area (Å²) in [5, 5.41) is 23.3. The molecule has 1 aliphatic heterocycles. The number of hydrogen-bond donors (Lipinski definition) is 1. The first-order chi connectivity index (χ1) is 17.4. The van der Waals surface area contributed by atoms with Gasteiger partial charge in [-0.05, 0) is 37.7 Å². The monoisotopic (exact) mass is 510 g/mol. The highest BCUT2D eigenvalue weighted by Crippen LogP contribution is 2.43. The third kappa shape index (κ3) is 5.84. The molecule has 1 aliphatic carbocycles. The van der Waals surface area contributed by atoms with Gasteiger partial charge in [0.1, 0.15) is 24.6 Å². The van der Waals surface area contributed by atoms with Gasteiger partial charge in [0.05, 0.1) is 17.7 Å². The summed E-state index contributed by atoms with van der Waals surface area (Å²) in [5.74, 6) is -0.872. The van der Waals surface area contributed by atoms with Gasteiger partial charge in [0.25, 0.3) is 0 Å². The second-order valence-electron chi connectivity index (χ2n) is 9.47. The molecule has 2 aromatic rings. The summed E-state index contributed by atoms with van der Waals surface area (Å²) in [6, 6.07) is 17.0. The van der Waals surface area contributed by atoms with Crippen molar-refractivity contribution in [3.05, 3.63) is 76.7 Å². The second kappa shape index (κ2) is 11.8. The largest absolute Gasteiger partial charge is 0.480 e. The molecule has 2 aliphatic rings. The third-order valence-electron chi connectivity index (χ3n) is 7.02. The number of quaternary nitrogens is 1.